The third-order valence-electron chi connectivity index (χ3n) is 3.08. The molecule has 0 spiro atoms. The molecule has 2 rings (SSSR count). The van der Waals surface area contributed by atoms with Gasteiger partial charge in [-0.1, -0.05) is 6.07 Å². The van der Waals surface area contributed by atoms with Gasteiger partial charge in [0.25, 0.3) is 5.91 Å². The van der Waals surface area contributed by atoms with E-state index in [-0.39, 0.29) is 11.9 Å². The molecule has 0 aliphatic rings. The van der Waals surface area contributed by atoms with Crippen molar-refractivity contribution in [3.8, 4) is 5.75 Å². The van der Waals surface area contributed by atoms with E-state index in [0.717, 1.165) is 5.56 Å². The molecule has 1 unspecified atom stereocenters. The Balaban J connectivity index is 2.21. The zero-order chi connectivity index (χ0) is 15.9. The number of nitrogens with zero attached hydrogens (tertiary/aromatic N) is 1. The summed E-state index contributed by atoms with van der Waals surface area (Å²) in [5, 5.41) is 2.80. The monoisotopic (exact) mass is 300 g/mol. The lowest BCUT2D eigenvalue weighted by Gasteiger charge is -2.15. The Labute approximate surface area is 129 Å². The first-order valence-corrected chi connectivity index (χ1v) is 7.05. The number of hydrogen-bond donors (Lipinski definition) is 3. The van der Waals surface area contributed by atoms with E-state index in [1.165, 1.54) is 0 Å². The number of benzene rings is 1. The van der Waals surface area contributed by atoms with E-state index >= 15 is 0 Å². The molecule has 1 aromatic heterocycles. The van der Waals surface area contributed by atoms with Gasteiger partial charge in [-0.15, -0.1) is 0 Å². The molecule has 1 aromatic carbocycles. The molecule has 0 fully saturated rings. The van der Waals surface area contributed by atoms with Crippen LogP contribution in [-0.2, 0) is 0 Å². The van der Waals surface area contributed by atoms with Gasteiger partial charge in [-0.3, -0.25) is 9.78 Å². The summed E-state index contributed by atoms with van der Waals surface area (Å²) in [5.41, 5.74) is 13.4. The van der Waals surface area contributed by atoms with Crippen LogP contribution in [-0.4, -0.2) is 24.0 Å². The number of pyridine rings is 1. The van der Waals surface area contributed by atoms with Crippen molar-refractivity contribution in [2.24, 2.45) is 11.5 Å². The van der Waals surface area contributed by atoms with Crippen LogP contribution in [0.3, 0.4) is 0 Å². The molecule has 6 nitrogen and oxygen atoms in total. The van der Waals surface area contributed by atoms with E-state index in [9.17, 15) is 4.79 Å². The maximum atomic E-state index is 12.3. The number of amides is 1. The Kier molecular flexibility index (Phi) is 5.46. The summed E-state index contributed by atoms with van der Waals surface area (Å²) < 4.78 is 5.59. The first-order valence-electron chi connectivity index (χ1n) is 7.05. The van der Waals surface area contributed by atoms with E-state index in [1.807, 2.05) is 6.92 Å². The van der Waals surface area contributed by atoms with Crippen molar-refractivity contribution in [1.29, 1.82) is 0 Å². The molecule has 0 saturated heterocycles. The van der Waals surface area contributed by atoms with Crippen molar-refractivity contribution in [1.82, 2.24) is 4.98 Å². The molecule has 1 atom stereocenters. The van der Waals surface area contributed by atoms with Gasteiger partial charge in [0.1, 0.15) is 12.4 Å². The molecule has 1 amide bonds. The molecule has 0 bridgehead atoms. The van der Waals surface area contributed by atoms with Crippen LogP contribution >= 0.6 is 0 Å². The van der Waals surface area contributed by atoms with Gasteiger partial charge in [-0.25, -0.2) is 0 Å². The van der Waals surface area contributed by atoms with Crippen LogP contribution in [0.4, 0.5) is 5.69 Å². The summed E-state index contributed by atoms with van der Waals surface area (Å²) >= 11 is 0. The van der Waals surface area contributed by atoms with Gasteiger partial charge >= 0.3 is 0 Å². The van der Waals surface area contributed by atoms with Crippen molar-refractivity contribution < 1.29 is 9.53 Å². The SMILES string of the molecule is CC(N)c1ccc(C(=O)Nc2ccncc2)cc1OCCN. The van der Waals surface area contributed by atoms with E-state index < -0.39 is 0 Å². The highest BCUT2D eigenvalue weighted by atomic mass is 16.5. The average Bonchev–Trinajstić information content (AvgIpc) is 2.53. The second kappa shape index (κ2) is 7.53. The second-order valence-corrected chi connectivity index (χ2v) is 4.87. The van der Waals surface area contributed by atoms with Crippen molar-refractivity contribution >= 4 is 11.6 Å². The minimum atomic E-state index is -0.222. The number of anilines is 1. The number of nitrogens with one attached hydrogen (secondary N) is 1. The number of aromatic nitrogens is 1. The summed E-state index contributed by atoms with van der Waals surface area (Å²) in [6.07, 6.45) is 3.23. The fourth-order valence-electron chi connectivity index (χ4n) is 1.98. The number of carbonyl (C=O) groups excluding carboxylic acids is 1. The lowest BCUT2D eigenvalue weighted by atomic mass is 10.0. The van der Waals surface area contributed by atoms with Crippen molar-refractivity contribution in [2.75, 3.05) is 18.5 Å². The Morgan fingerprint density at radius 3 is 2.68 bits per heavy atom. The largest absolute Gasteiger partial charge is 0.492 e. The quantitative estimate of drug-likeness (QED) is 0.753. The Bertz CT molecular complexity index is 629. The van der Waals surface area contributed by atoms with Gasteiger partial charge < -0.3 is 21.5 Å². The smallest absolute Gasteiger partial charge is 0.255 e. The highest BCUT2D eigenvalue weighted by molar-refractivity contribution is 6.04. The molecule has 2 aromatic rings. The molecule has 5 N–H and O–H groups in total. The highest BCUT2D eigenvalue weighted by Crippen LogP contribution is 2.25. The van der Waals surface area contributed by atoms with E-state index in [0.29, 0.717) is 30.2 Å². The van der Waals surface area contributed by atoms with Crippen molar-refractivity contribution in [3.05, 3.63) is 53.9 Å². The van der Waals surface area contributed by atoms with Crippen LogP contribution in [0.25, 0.3) is 0 Å². The topological polar surface area (TPSA) is 103 Å². The predicted molar refractivity (Wildman–Crippen MR) is 85.8 cm³/mol. The summed E-state index contributed by atoms with van der Waals surface area (Å²) in [4.78, 5) is 16.2. The van der Waals surface area contributed by atoms with Gasteiger partial charge in [-0.05, 0) is 31.2 Å². The van der Waals surface area contributed by atoms with Gasteiger partial charge in [0.2, 0.25) is 0 Å². The van der Waals surface area contributed by atoms with Gasteiger partial charge in [0.15, 0.2) is 0 Å². The number of carbonyl (C=O) groups is 1. The molecule has 1 heterocycles. The van der Waals surface area contributed by atoms with E-state index in [2.05, 4.69) is 10.3 Å². The van der Waals surface area contributed by atoms with Crippen LogP contribution in [0.15, 0.2) is 42.7 Å². The number of rotatable bonds is 6. The van der Waals surface area contributed by atoms with Gasteiger partial charge in [0.05, 0.1) is 0 Å². The fraction of sp³-hybridized carbons (Fsp3) is 0.250. The minimum absolute atomic E-state index is 0.190. The van der Waals surface area contributed by atoms with Gasteiger partial charge in [0, 0.05) is 41.8 Å². The lowest BCUT2D eigenvalue weighted by molar-refractivity contribution is 0.102. The molecule has 0 aliphatic heterocycles. The van der Waals surface area contributed by atoms with E-state index in [1.54, 1.807) is 42.7 Å². The number of nitrogens with two attached hydrogens (primary N) is 2. The molecule has 6 heteroatoms. The zero-order valence-corrected chi connectivity index (χ0v) is 12.5. The fourth-order valence-corrected chi connectivity index (χ4v) is 1.98. The second-order valence-electron chi connectivity index (χ2n) is 4.87. The molecule has 116 valence electrons. The normalized spacial score (nSPS) is 11.8. The Morgan fingerprint density at radius 2 is 2.05 bits per heavy atom. The highest BCUT2D eigenvalue weighted by Gasteiger charge is 2.13. The van der Waals surface area contributed by atoms with Crippen LogP contribution in [0, 0.1) is 0 Å². The first kappa shape index (κ1) is 15.9. The third-order valence-corrected chi connectivity index (χ3v) is 3.08. The summed E-state index contributed by atoms with van der Waals surface area (Å²) in [6.45, 7) is 2.63. The Morgan fingerprint density at radius 1 is 1.32 bits per heavy atom. The van der Waals surface area contributed by atoms with Crippen LogP contribution in [0.5, 0.6) is 5.75 Å². The molecule has 0 saturated carbocycles. The number of hydrogen-bond acceptors (Lipinski definition) is 5. The van der Waals surface area contributed by atoms with E-state index in [4.69, 9.17) is 16.2 Å². The van der Waals surface area contributed by atoms with Crippen LogP contribution in [0.1, 0.15) is 28.9 Å². The maximum absolute atomic E-state index is 12.3. The summed E-state index contributed by atoms with van der Waals surface area (Å²) in [5.74, 6) is 0.364. The molecular formula is C16H20N4O2. The average molecular weight is 300 g/mol. The van der Waals surface area contributed by atoms with Crippen LogP contribution in [0.2, 0.25) is 0 Å². The Hall–Kier alpha value is -2.44. The minimum Gasteiger partial charge on any atom is -0.492 e. The van der Waals surface area contributed by atoms with Crippen LogP contribution < -0.4 is 21.5 Å². The molecule has 0 aliphatic carbocycles. The molecule has 0 radical (unpaired) electrons. The predicted octanol–water partition coefficient (Wildman–Crippen LogP) is 1.69. The zero-order valence-electron chi connectivity index (χ0n) is 12.5. The molecular weight excluding hydrogens is 280 g/mol. The standard InChI is InChI=1S/C16H20N4O2/c1-11(18)14-3-2-12(10-15(14)22-9-6-17)16(21)20-13-4-7-19-8-5-13/h2-5,7-8,10-11H,6,9,17-18H2,1H3,(H,19,20,21). The maximum Gasteiger partial charge on any atom is 0.255 e. The van der Waals surface area contributed by atoms with Crippen molar-refractivity contribution in [3.63, 3.8) is 0 Å². The first-order chi connectivity index (χ1) is 10.6. The number of ether oxygens (including phenoxy) is 1. The summed E-state index contributed by atoms with van der Waals surface area (Å²) in [7, 11) is 0. The molecule has 22 heavy (non-hydrogen) atoms. The summed E-state index contributed by atoms with van der Waals surface area (Å²) in [6, 6.07) is 8.47. The third kappa shape index (κ3) is 4.03. The van der Waals surface area contributed by atoms with Gasteiger partial charge in [-0.2, -0.15) is 0 Å². The lowest BCUT2D eigenvalue weighted by Crippen LogP contribution is -2.16. The van der Waals surface area contributed by atoms with Crippen molar-refractivity contribution in [2.45, 2.75) is 13.0 Å².